The third-order valence-corrected chi connectivity index (χ3v) is 5.91. The molecule has 0 radical (unpaired) electrons. The fraction of sp³-hybridized carbons (Fsp3) is 0.129. The summed E-state index contributed by atoms with van der Waals surface area (Å²) in [4.78, 5) is 12.5. The summed E-state index contributed by atoms with van der Waals surface area (Å²) in [5.41, 5.74) is 1.36. The van der Waals surface area contributed by atoms with Crippen LogP contribution in [0.4, 0.5) is 13.2 Å². The minimum atomic E-state index is -1.02. The maximum absolute atomic E-state index is 15.0. The van der Waals surface area contributed by atoms with E-state index in [2.05, 4.69) is 6.58 Å². The average molecular weight is 519 g/mol. The predicted octanol–water partition coefficient (Wildman–Crippen LogP) is 7.67. The first kappa shape index (κ1) is 26.7. The van der Waals surface area contributed by atoms with Gasteiger partial charge in [-0.2, -0.15) is 0 Å². The Balaban J connectivity index is 1.48. The molecule has 0 aromatic heterocycles. The van der Waals surface area contributed by atoms with Crippen LogP contribution in [-0.4, -0.2) is 17.7 Å². The van der Waals surface area contributed by atoms with Crippen molar-refractivity contribution in [3.05, 3.63) is 120 Å². The van der Waals surface area contributed by atoms with Gasteiger partial charge in [0.15, 0.2) is 11.6 Å². The zero-order valence-electron chi connectivity index (χ0n) is 20.6. The van der Waals surface area contributed by atoms with Crippen LogP contribution in [0, 0.1) is 17.5 Å². The zero-order valence-corrected chi connectivity index (χ0v) is 20.6. The Morgan fingerprint density at radius 1 is 0.868 bits per heavy atom. The molecular weight excluding hydrogens is 493 g/mol. The third-order valence-electron chi connectivity index (χ3n) is 5.91. The number of aliphatic hydroxyl groups is 1. The molecule has 0 fully saturated rings. The van der Waals surface area contributed by atoms with E-state index >= 15 is 0 Å². The van der Waals surface area contributed by atoms with Gasteiger partial charge in [-0.15, -0.1) is 6.58 Å². The van der Waals surface area contributed by atoms with E-state index in [9.17, 15) is 23.1 Å². The van der Waals surface area contributed by atoms with Crippen molar-refractivity contribution in [2.75, 3.05) is 6.61 Å². The number of carbonyl (C=O) groups is 1. The van der Waals surface area contributed by atoms with Crippen LogP contribution in [0.1, 0.15) is 35.4 Å². The number of hydrogen-bond donors (Lipinski definition) is 1. The predicted molar refractivity (Wildman–Crippen MR) is 140 cm³/mol. The maximum Gasteiger partial charge on any atom is 0.346 e. The molecule has 4 aromatic carbocycles. The van der Waals surface area contributed by atoms with Crippen molar-refractivity contribution >= 4 is 5.97 Å². The fourth-order valence-electron chi connectivity index (χ4n) is 3.81. The normalized spacial score (nSPS) is 11.6. The zero-order chi connectivity index (χ0) is 27.2. The number of aliphatic hydroxyl groups excluding tert-OH is 1. The van der Waals surface area contributed by atoms with Gasteiger partial charge in [0, 0.05) is 17.2 Å². The molecule has 0 saturated carbocycles. The van der Waals surface area contributed by atoms with E-state index in [1.807, 2.05) is 0 Å². The van der Waals surface area contributed by atoms with Gasteiger partial charge in [0.25, 0.3) is 0 Å². The molecule has 4 nitrogen and oxygen atoms in total. The van der Waals surface area contributed by atoms with Crippen molar-refractivity contribution < 1.29 is 32.5 Å². The molecular formula is C31H25F3O4. The first-order chi connectivity index (χ1) is 18.3. The van der Waals surface area contributed by atoms with E-state index in [0.717, 1.165) is 6.07 Å². The SMILES string of the molecule is C=CCCOc1ccc(C(=O)Oc2ccc(-c3ccc(-c4ccc(C(C)O)cc4)c(F)c3F)cc2)c(F)c1. The molecule has 0 aliphatic carbocycles. The Kier molecular flexibility index (Phi) is 8.28. The van der Waals surface area contributed by atoms with E-state index in [1.54, 1.807) is 37.3 Å². The van der Waals surface area contributed by atoms with Crippen LogP contribution in [0.15, 0.2) is 91.5 Å². The van der Waals surface area contributed by atoms with Crippen LogP contribution in [-0.2, 0) is 0 Å². The molecule has 4 aromatic rings. The molecule has 4 rings (SSSR count). The molecule has 0 bridgehead atoms. The summed E-state index contributed by atoms with van der Waals surface area (Å²) in [6.45, 7) is 5.54. The highest BCUT2D eigenvalue weighted by atomic mass is 19.2. The number of ether oxygens (including phenoxy) is 2. The highest BCUT2D eigenvalue weighted by molar-refractivity contribution is 5.91. The fourth-order valence-corrected chi connectivity index (χ4v) is 3.81. The average Bonchev–Trinajstić information content (AvgIpc) is 2.91. The topological polar surface area (TPSA) is 55.8 Å². The van der Waals surface area contributed by atoms with Crippen LogP contribution >= 0.6 is 0 Å². The molecule has 0 aliphatic rings. The largest absolute Gasteiger partial charge is 0.493 e. The van der Waals surface area contributed by atoms with Gasteiger partial charge in [0.2, 0.25) is 0 Å². The second-order valence-electron chi connectivity index (χ2n) is 8.57. The molecule has 1 N–H and O–H groups in total. The summed E-state index contributed by atoms with van der Waals surface area (Å²) in [5, 5.41) is 9.64. The molecule has 0 heterocycles. The van der Waals surface area contributed by atoms with E-state index < -0.39 is 29.5 Å². The summed E-state index contributed by atoms with van der Waals surface area (Å²) in [6.07, 6.45) is 1.61. The molecule has 194 valence electrons. The monoisotopic (exact) mass is 518 g/mol. The van der Waals surface area contributed by atoms with Gasteiger partial charge < -0.3 is 14.6 Å². The van der Waals surface area contributed by atoms with Crippen LogP contribution in [0.25, 0.3) is 22.3 Å². The minimum Gasteiger partial charge on any atom is -0.493 e. The van der Waals surface area contributed by atoms with Gasteiger partial charge in [-0.1, -0.05) is 54.6 Å². The molecule has 0 amide bonds. The third kappa shape index (κ3) is 5.95. The number of rotatable bonds is 9. The molecule has 0 saturated heterocycles. The van der Waals surface area contributed by atoms with E-state index in [1.165, 1.54) is 48.5 Å². The van der Waals surface area contributed by atoms with Crippen molar-refractivity contribution in [2.45, 2.75) is 19.4 Å². The number of benzene rings is 4. The van der Waals surface area contributed by atoms with Crippen molar-refractivity contribution in [3.63, 3.8) is 0 Å². The minimum absolute atomic E-state index is 0.0304. The standard InChI is InChI=1S/C31H25F3O4/c1-3-4-17-37-24-13-14-27(28(32)18-24)31(36)38-23-11-9-22(10-12-23)26-16-15-25(29(33)30(26)34)21-7-5-20(6-8-21)19(2)35/h3,5-16,18-19,35H,1,4,17H2,2H3. The number of carbonyl (C=O) groups excluding carboxylic acids is 1. The van der Waals surface area contributed by atoms with Crippen LogP contribution < -0.4 is 9.47 Å². The second-order valence-corrected chi connectivity index (χ2v) is 8.57. The molecule has 0 aliphatic heterocycles. The lowest BCUT2D eigenvalue weighted by Crippen LogP contribution is -2.11. The van der Waals surface area contributed by atoms with Crippen LogP contribution in [0.3, 0.4) is 0 Å². The lowest BCUT2D eigenvalue weighted by Gasteiger charge is -2.11. The highest BCUT2D eigenvalue weighted by Gasteiger charge is 2.18. The Morgan fingerprint density at radius 3 is 1.95 bits per heavy atom. The second kappa shape index (κ2) is 11.8. The Hall–Kier alpha value is -4.36. The number of hydrogen-bond acceptors (Lipinski definition) is 4. The Labute approximate surface area is 218 Å². The number of esters is 1. The molecule has 1 unspecified atom stereocenters. The van der Waals surface area contributed by atoms with E-state index in [-0.39, 0.29) is 28.2 Å². The van der Waals surface area contributed by atoms with Gasteiger partial charge in [-0.25, -0.2) is 18.0 Å². The lowest BCUT2D eigenvalue weighted by molar-refractivity contribution is 0.0730. The van der Waals surface area contributed by atoms with Crippen LogP contribution in [0.2, 0.25) is 0 Å². The molecule has 1 atom stereocenters. The lowest BCUT2D eigenvalue weighted by atomic mass is 9.97. The first-order valence-electron chi connectivity index (χ1n) is 11.9. The van der Waals surface area contributed by atoms with Gasteiger partial charge >= 0.3 is 5.97 Å². The van der Waals surface area contributed by atoms with Crippen molar-refractivity contribution in [3.8, 4) is 33.8 Å². The summed E-state index contributed by atoms with van der Waals surface area (Å²) in [6, 6.07) is 19.1. The molecule has 38 heavy (non-hydrogen) atoms. The van der Waals surface area contributed by atoms with E-state index in [0.29, 0.717) is 29.7 Å². The quantitative estimate of drug-likeness (QED) is 0.107. The van der Waals surface area contributed by atoms with E-state index in [4.69, 9.17) is 9.47 Å². The molecule has 7 heteroatoms. The van der Waals surface area contributed by atoms with Crippen molar-refractivity contribution in [2.24, 2.45) is 0 Å². The van der Waals surface area contributed by atoms with Crippen molar-refractivity contribution in [1.82, 2.24) is 0 Å². The summed E-state index contributed by atoms with van der Waals surface area (Å²) in [7, 11) is 0. The summed E-state index contributed by atoms with van der Waals surface area (Å²) in [5.74, 6) is -3.33. The van der Waals surface area contributed by atoms with Crippen molar-refractivity contribution in [1.29, 1.82) is 0 Å². The maximum atomic E-state index is 15.0. The smallest absolute Gasteiger partial charge is 0.346 e. The van der Waals surface area contributed by atoms with Gasteiger partial charge in [-0.3, -0.25) is 0 Å². The van der Waals surface area contributed by atoms with Crippen LogP contribution in [0.5, 0.6) is 11.5 Å². The first-order valence-corrected chi connectivity index (χ1v) is 11.9. The van der Waals surface area contributed by atoms with Gasteiger partial charge in [-0.05, 0) is 54.3 Å². The number of halogens is 3. The summed E-state index contributed by atoms with van der Waals surface area (Å²) >= 11 is 0. The Morgan fingerprint density at radius 2 is 1.42 bits per heavy atom. The highest BCUT2D eigenvalue weighted by Crippen LogP contribution is 2.33. The van der Waals surface area contributed by atoms with Gasteiger partial charge in [0.1, 0.15) is 17.3 Å². The van der Waals surface area contributed by atoms with Gasteiger partial charge in [0.05, 0.1) is 18.3 Å². The Bertz CT molecular complexity index is 1450. The molecule has 0 spiro atoms. The summed E-state index contributed by atoms with van der Waals surface area (Å²) < 4.78 is 55.0.